The lowest BCUT2D eigenvalue weighted by molar-refractivity contribution is -0.131. The van der Waals surface area contributed by atoms with Crippen LogP contribution < -0.4 is 9.64 Å². The molecule has 0 aromatic heterocycles. The van der Waals surface area contributed by atoms with E-state index < -0.39 is 0 Å². The fourth-order valence-corrected chi connectivity index (χ4v) is 4.01. The maximum absolute atomic E-state index is 13.3. The number of anilines is 1. The highest BCUT2D eigenvalue weighted by atomic mass is 16.5. The number of methoxy groups -OCH3 is 1. The van der Waals surface area contributed by atoms with Crippen molar-refractivity contribution in [2.45, 2.75) is 6.54 Å². The predicted octanol–water partition coefficient (Wildman–Crippen LogP) is 3.69. The lowest BCUT2D eigenvalue weighted by Crippen LogP contribution is -2.51. The second-order valence-corrected chi connectivity index (χ2v) is 8.10. The van der Waals surface area contributed by atoms with Crippen molar-refractivity contribution in [1.82, 2.24) is 9.80 Å². The average Bonchev–Trinajstić information content (AvgIpc) is 2.88. The summed E-state index contributed by atoms with van der Waals surface area (Å²) in [5.74, 6) is 0.433. The summed E-state index contributed by atoms with van der Waals surface area (Å²) in [6.45, 7) is 3.84. The van der Waals surface area contributed by atoms with Crippen LogP contribution >= 0.6 is 0 Å². The first-order valence-electron chi connectivity index (χ1n) is 11.2. The predicted molar refractivity (Wildman–Crippen MR) is 129 cm³/mol. The second kappa shape index (κ2) is 10.8. The maximum Gasteiger partial charge on any atom is 0.258 e. The van der Waals surface area contributed by atoms with Gasteiger partial charge in [-0.3, -0.25) is 19.4 Å². The molecule has 0 N–H and O–H groups in total. The highest BCUT2D eigenvalue weighted by molar-refractivity contribution is 6.08. The largest absolute Gasteiger partial charge is 0.497 e. The zero-order chi connectivity index (χ0) is 23.0. The van der Waals surface area contributed by atoms with Crippen LogP contribution in [0.4, 0.5) is 5.69 Å². The molecule has 2 amide bonds. The molecule has 1 aliphatic heterocycles. The molecule has 3 aromatic carbocycles. The van der Waals surface area contributed by atoms with Gasteiger partial charge in [-0.05, 0) is 42.0 Å². The van der Waals surface area contributed by atoms with E-state index in [1.165, 1.54) is 5.56 Å². The third-order valence-electron chi connectivity index (χ3n) is 5.92. The highest BCUT2D eigenvalue weighted by Gasteiger charge is 2.26. The number of amides is 2. The van der Waals surface area contributed by atoms with Gasteiger partial charge < -0.3 is 9.64 Å². The Labute approximate surface area is 195 Å². The van der Waals surface area contributed by atoms with Gasteiger partial charge >= 0.3 is 0 Å². The summed E-state index contributed by atoms with van der Waals surface area (Å²) >= 11 is 0. The number of carbonyl (C=O) groups is 2. The van der Waals surface area contributed by atoms with Gasteiger partial charge in [0.05, 0.1) is 7.11 Å². The highest BCUT2D eigenvalue weighted by Crippen LogP contribution is 2.20. The molecule has 0 unspecified atom stereocenters. The molecule has 0 radical (unpaired) electrons. The first kappa shape index (κ1) is 22.6. The SMILES string of the molecule is COc1ccc(C(=O)N(CC(=O)N2CCN(Cc3ccccc3)CC2)c2ccccc2)cc1. The van der Waals surface area contributed by atoms with Crippen molar-refractivity contribution >= 4 is 17.5 Å². The lowest BCUT2D eigenvalue weighted by atomic mass is 10.1. The van der Waals surface area contributed by atoms with E-state index in [2.05, 4.69) is 17.0 Å². The maximum atomic E-state index is 13.3. The summed E-state index contributed by atoms with van der Waals surface area (Å²) in [7, 11) is 1.59. The smallest absolute Gasteiger partial charge is 0.258 e. The molecule has 0 atom stereocenters. The molecule has 1 saturated heterocycles. The van der Waals surface area contributed by atoms with Gasteiger partial charge in [0.15, 0.2) is 0 Å². The van der Waals surface area contributed by atoms with Crippen molar-refractivity contribution in [3.63, 3.8) is 0 Å². The first-order valence-corrected chi connectivity index (χ1v) is 11.2. The topological polar surface area (TPSA) is 53.1 Å². The quantitative estimate of drug-likeness (QED) is 0.559. The van der Waals surface area contributed by atoms with E-state index in [0.717, 1.165) is 19.6 Å². The number of hydrogen-bond donors (Lipinski definition) is 0. The minimum absolute atomic E-state index is 0.00750. The Hall–Kier alpha value is -3.64. The molecule has 3 aromatic rings. The van der Waals surface area contributed by atoms with Gasteiger partial charge in [0.25, 0.3) is 5.91 Å². The molecule has 6 heteroatoms. The van der Waals surface area contributed by atoms with E-state index in [0.29, 0.717) is 30.1 Å². The molecule has 0 spiro atoms. The van der Waals surface area contributed by atoms with Gasteiger partial charge in [-0.15, -0.1) is 0 Å². The number of piperazine rings is 1. The molecule has 170 valence electrons. The molecule has 1 heterocycles. The van der Waals surface area contributed by atoms with Crippen molar-refractivity contribution in [1.29, 1.82) is 0 Å². The number of para-hydroxylation sites is 1. The first-order chi connectivity index (χ1) is 16.1. The Kier molecular flexibility index (Phi) is 7.37. The van der Waals surface area contributed by atoms with Crippen molar-refractivity contribution < 1.29 is 14.3 Å². The van der Waals surface area contributed by atoms with Crippen LogP contribution in [0.5, 0.6) is 5.75 Å². The minimum Gasteiger partial charge on any atom is -0.497 e. The second-order valence-electron chi connectivity index (χ2n) is 8.10. The molecular formula is C27H29N3O3. The minimum atomic E-state index is -0.208. The molecule has 33 heavy (non-hydrogen) atoms. The Balaban J connectivity index is 1.42. The molecule has 1 aliphatic rings. The number of rotatable bonds is 7. The van der Waals surface area contributed by atoms with Crippen molar-refractivity contribution in [2.75, 3.05) is 44.7 Å². The molecule has 6 nitrogen and oxygen atoms in total. The van der Waals surface area contributed by atoms with E-state index in [1.54, 1.807) is 36.3 Å². The normalized spacial score (nSPS) is 14.0. The van der Waals surface area contributed by atoms with Crippen molar-refractivity contribution in [3.8, 4) is 5.75 Å². The molecule has 0 aliphatic carbocycles. The molecule has 4 rings (SSSR count). The lowest BCUT2D eigenvalue weighted by Gasteiger charge is -2.36. The molecular weight excluding hydrogens is 414 g/mol. The van der Waals surface area contributed by atoms with Crippen LogP contribution in [0.2, 0.25) is 0 Å². The number of nitrogens with zero attached hydrogens (tertiary/aromatic N) is 3. The third-order valence-corrected chi connectivity index (χ3v) is 5.92. The number of hydrogen-bond acceptors (Lipinski definition) is 4. The summed E-state index contributed by atoms with van der Waals surface area (Å²) in [5.41, 5.74) is 2.49. The van der Waals surface area contributed by atoms with Gasteiger partial charge in [-0.2, -0.15) is 0 Å². The van der Waals surface area contributed by atoms with Gasteiger partial charge in [0, 0.05) is 44.0 Å². The van der Waals surface area contributed by atoms with Crippen molar-refractivity contribution in [3.05, 3.63) is 96.1 Å². The fourth-order valence-electron chi connectivity index (χ4n) is 4.01. The standard InChI is InChI=1S/C27H29N3O3/c1-33-25-14-12-23(13-15-25)27(32)30(24-10-6-3-7-11-24)21-26(31)29-18-16-28(17-19-29)20-22-8-4-2-5-9-22/h2-15H,16-21H2,1H3. The van der Waals surface area contributed by atoms with E-state index >= 15 is 0 Å². The van der Waals surface area contributed by atoms with E-state index in [1.807, 2.05) is 53.4 Å². The Morgan fingerprint density at radius 3 is 2.03 bits per heavy atom. The third kappa shape index (κ3) is 5.79. The summed E-state index contributed by atoms with van der Waals surface area (Å²) in [6.07, 6.45) is 0. The molecule has 0 saturated carbocycles. The van der Waals surface area contributed by atoms with Crippen LogP contribution in [0.15, 0.2) is 84.9 Å². The summed E-state index contributed by atoms with van der Waals surface area (Å²) in [6, 6.07) is 26.7. The fraction of sp³-hybridized carbons (Fsp3) is 0.259. The summed E-state index contributed by atoms with van der Waals surface area (Å²) in [4.78, 5) is 32.3. The average molecular weight is 444 g/mol. The van der Waals surface area contributed by atoms with Crippen LogP contribution in [-0.2, 0) is 11.3 Å². The van der Waals surface area contributed by atoms with Crippen LogP contribution in [-0.4, -0.2) is 61.4 Å². The van der Waals surface area contributed by atoms with Crippen LogP contribution in [0, 0.1) is 0 Å². The molecule has 1 fully saturated rings. The zero-order valence-corrected chi connectivity index (χ0v) is 18.9. The van der Waals surface area contributed by atoms with Gasteiger partial charge in [-0.1, -0.05) is 48.5 Å². The van der Waals surface area contributed by atoms with E-state index in [9.17, 15) is 9.59 Å². The zero-order valence-electron chi connectivity index (χ0n) is 18.9. The van der Waals surface area contributed by atoms with E-state index in [-0.39, 0.29) is 18.4 Å². The Bertz CT molecular complexity index is 1050. The van der Waals surface area contributed by atoms with Gasteiger partial charge in [0.2, 0.25) is 5.91 Å². The Morgan fingerprint density at radius 1 is 0.818 bits per heavy atom. The number of benzene rings is 3. The van der Waals surface area contributed by atoms with Crippen LogP contribution in [0.1, 0.15) is 15.9 Å². The summed E-state index contributed by atoms with van der Waals surface area (Å²) in [5, 5.41) is 0. The molecule has 0 bridgehead atoms. The summed E-state index contributed by atoms with van der Waals surface area (Å²) < 4.78 is 5.19. The van der Waals surface area contributed by atoms with E-state index in [4.69, 9.17) is 4.74 Å². The number of carbonyl (C=O) groups excluding carboxylic acids is 2. The monoisotopic (exact) mass is 443 g/mol. The van der Waals surface area contributed by atoms with Gasteiger partial charge in [-0.25, -0.2) is 0 Å². The van der Waals surface area contributed by atoms with Crippen LogP contribution in [0.3, 0.4) is 0 Å². The van der Waals surface area contributed by atoms with Crippen molar-refractivity contribution in [2.24, 2.45) is 0 Å². The Morgan fingerprint density at radius 2 is 1.42 bits per heavy atom. The van der Waals surface area contributed by atoms with Gasteiger partial charge in [0.1, 0.15) is 12.3 Å². The number of ether oxygens (including phenoxy) is 1. The van der Waals surface area contributed by atoms with Crippen LogP contribution in [0.25, 0.3) is 0 Å².